The van der Waals surface area contributed by atoms with Gasteiger partial charge in [0.1, 0.15) is 0 Å². The van der Waals surface area contributed by atoms with E-state index < -0.39 is 5.97 Å². The van der Waals surface area contributed by atoms with Crippen LogP contribution in [0.2, 0.25) is 0 Å². The summed E-state index contributed by atoms with van der Waals surface area (Å²) in [5.41, 5.74) is 3.06. The number of rotatable bonds is 5. The van der Waals surface area contributed by atoms with Crippen LogP contribution in [-0.4, -0.2) is 20.1 Å². The molecule has 0 heterocycles. The van der Waals surface area contributed by atoms with E-state index in [9.17, 15) is 4.79 Å². The molecule has 0 fully saturated rings. The highest BCUT2D eigenvalue weighted by atomic mass is 16.6. The smallest absolute Gasteiger partial charge is 0.345 e. The first-order valence-electron chi connectivity index (χ1n) is 6.90. The lowest BCUT2D eigenvalue weighted by atomic mass is 10.1. The molecule has 0 saturated carbocycles. The Morgan fingerprint density at radius 3 is 2.64 bits per heavy atom. The number of methoxy groups -OCH3 is 1. The van der Waals surface area contributed by atoms with E-state index >= 15 is 0 Å². The van der Waals surface area contributed by atoms with Gasteiger partial charge >= 0.3 is 5.97 Å². The molecule has 4 nitrogen and oxygen atoms in total. The highest BCUT2D eigenvalue weighted by molar-refractivity contribution is 5.97. The van der Waals surface area contributed by atoms with Crippen LogP contribution in [0.1, 0.15) is 21.5 Å². The van der Waals surface area contributed by atoms with Gasteiger partial charge in [-0.05, 0) is 36.2 Å². The van der Waals surface area contributed by atoms with Crippen LogP contribution >= 0.6 is 0 Å². The number of nitrogens with one attached hydrogen (secondary N) is 1. The first-order valence-corrected chi connectivity index (χ1v) is 6.90. The Labute approximate surface area is 130 Å². The van der Waals surface area contributed by atoms with E-state index in [1.807, 2.05) is 25.1 Å². The molecule has 0 unspecified atom stereocenters. The molecule has 1 N–H and O–H groups in total. The van der Waals surface area contributed by atoms with E-state index in [1.165, 1.54) is 7.11 Å². The number of benzene rings is 2. The lowest BCUT2D eigenvalue weighted by Crippen LogP contribution is -2.12. The molecular weight excluding hydrogens is 278 g/mol. The summed E-state index contributed by atoms with van der Waals surface area (Å²) in [5, 5.41) is 3.03. The van der Waals surface area contributed by atoms with Gasteiger partial charge in [0, 0.05) is 7.05 Å². The summed E-state index contributed by atoms with van der Waals surface area (Å²) in [6, 6.07) is 10.8. The normalized spacial score (nSPS) is 9.95. The summed E-state index contributed by atoms with van der Waals surface area (Å²) in [6.07, 6.45) is 1.68. The van der Waals surface area contributed by atoms with Crippen LogP contribution < -0.4 is 14.8 Å². The summed E-state index contributed by atoms with van der Waals surface area (Å²) in [4.78, 5) is 12.5. The van der Waals surface area contributed by atoms with Gasteiger partial charge < -0.3 is 14.8 Å². The summed E-state index contributed by atoms with van der Waals surface area (Å²) in [7, 11) is 3.31. The van der Waals surface area contributed by atoms with Crippen LogP contribution in [0.4, 0.5) is 5.69 Å². The second-order valence-corrected chi connectivity index (χ2v) is 4.75. The number of ether oxygens (including phenoxy) is 2. The Hall–Kier alpha value is -2.75. The highest BCUT2D eigenvalue weighted by Crippen LogP contribution is 2.30. The monoisotopic (exact) mass is 297 g/mol. The second-order valence-electron chi connectivity index (χ2n) is 4.75. The molecule has 2 aromatic carbocycles. The minimum Gasteiger partial charge on any atom is -0.493 e. The van der Waals surface area contributed by atoms with Crippen molar-refractivity contribution in [3.8, 4) is 11.5 Å². The third-order valence-electron chi connectivity index (χ3n) is 3.37. The van der Waals surface area contributed by atoms with E-state index in [0.29, 0.717) is 17.1 Å². The number of carbonyl (C=O) groups is 1. The lowest BCUT2D eigenvalue weighted by molar-refractivity contribution is 0.0730. The molecule has 0 aliphatic carbocycles. The van der Waals surface area contributed by atoms with E-state index in [-0.39, 0.29) is 0 Å². The Balaban J connectivity index is 2.37. The maximum absolute atomic E-state index is 12.5. The van der Waals surface area contributed by atoms with Crippen LogP contribution in [0.15, 0.2) is 43.0 Å². The van der Waals surface area contributed by atoms with Gasteiger partial charge in [-0.3, -0.25) is 0 Å². The van der Waals surface area contributed by atoms with Gasteiger partial charge in [0.05, 0.1) is 18.4 Å². The van der Waals surface area contributed by atoms with Crippen LogP contribution in [0.25, 0.3) is 6.08 Å². The fourth-order valence-corrected chi connectivity index (χ4v) is 2.22. The highest BCUT2D eigenvalue weighted by Gasteiger charge is 2.17. The van der Waals surface area contributed by atoms with Gasteiger partial charge in [-0.25, -0.2) is 4.79 Å². The predicted octanol–water partition coefficient (Wildman–Crippen LogP) is 3.91. The molecule has 2 aromatic rings. The summed E-state index contributed by atoms with van der Waals surface area (Å²) in [6.45, 7) is 5.64. The predicted molar refractivity (Wildman–Crippen MR) is 88.8 cm³/mol. The zero-order chi connectivity index (χ0) is 16.1. The van der Waals surface area contributed by atoms with Crippen LogP contribution in [0.5, 0.6) is 11.5 Å². The minimum absolute atomic E-state index is 0.369. The molecule has 0 aromatic heterocycles. The molecule has 114 valence electrons. The molecular formula is C18H19NO3. The number of carbonyl (C=O) groups excluding carboxylic acids is 1. The third kappa shape index (κ3) is 3.11. The first-order chi connectivity index (χ1) is 10.6. The lowest BCUT2D eigenvalue weighted by Gasteiger charge is -2.13. The number of hydrogen-bond donors (Lipinski definition) is 1. The number of hydrogen-bond acceptors (Lipinski definition) is 4. The van der Waals surface area contributed by atoms with Gasteiger partial charge in [-0.15, -0.1) is 0 Å². The van der Waals surface area contributed by atoms with Crippen molar-refractivity contribution >= 4 is 17.7 Å². The summed E-state index contributed by atoms with van der Waals surface area (Å²) in [5.74, 6) is 0.429. The minimum atomic E-state index is -0.437. The molecule has 22 heavy (non-hydrogen) atoms. The molecule has 0 aliphatic heterocycles. The van der Waals surface area contributed by atoms with Gasteiger partial charge in [-0.1, -0.05) is 30.9 Å². The zero-order valence-corrected chi connectivity index (χ0v) is 13.0. The van der Waals surface area contributed by atoms with Crippen molar-refractivity contribution in [1.29, 1.82) is 0 Å². The molecule has 4 heteroatoms. The van der Waals surface area contributed by atoms with Crippen molar-refractivity contribution in [2.75, 3.05) is 19.5 Å². The molecule has 0 amide bonds. The van der Waals surface area contributed by atoms with Crippen LogP contribution in [0, 0.1) is 6.92 Å². The molecule has 0 aliphatic rings. The van der Waals surface area contributed by atoms with Gasteiger partial charge in [0.15, 0.2) is 11.5 Å². The summed E-state index contributed by atoms with van der Waals surface area (Å²) < 4.78 is 10.7. The maximum atomic E-state index is 12.5. The largest absolute Gasteiger partial charge is 0.493 e. The fraction of sp³-hybridized carbons (Fsp3) is 0.167. The van der Waals surface area contributed by atoms with Crippen molar-refractivity contribution in [3.05, 3.63) is 59.7 Å². The van der Waals surface area contributed by atoms with E-state index in [4.69, 9.17) is 9.47 Å². The molecule has 0 bridgehead atoms. The van der Waals surface area contributed by atoms with Crippen molar-refractivity contribution < 1.29 is 14.3 Å². The van der Waals surface area contributed by atoms with E-state index in [0.717, 1.165) is 16.8 Å². The Bertz CT molecular complexity index is 707. The third-order valence-corrected chi connectivity index (χ3v) is 3.37. The topological polar surface area (TPSA) is 47.6 Å². The standard InChI is InChI=1S/C18H19NO3/c1-5-13-9-10-15(21-4)16(11-13)22-18(20)14-8-6-7-12(2)17(14)19-3/h5-11,19H,1H2,2-4H3. The van der Waals surface area contributed by atoms with Crippen molar-refractivity contribution in [1.82, 2.24) is 0 Å². The van der Waals surface area contributed by atoms with Crippen LogP contribution in [0.3, 0.4) is 0 Å². The Kier molecular flexibility index (Phi) is 4.84. The molecule has 2 rings (SSSR count). The van der Waals surface area contributed by atoms with Crippen molar-refractivity contribution in [2.24, 2.45) is 0 Å². The van der Waals surface area contributed by atoms with Crippen LogP contribution in [-0.2, 0) is 0 Å². The SMILES string of the molecule is C=Cc1ccc(OC)c(OC(=O)c2cccc(C)c2NC)c1. The fourth-order valence-electron chi connectivity index (χ4n) is 2.22. The Morgan fingerprint density at radius 2 is 2.00 bits per heavy atom. The van der Waals surface area contributed by atoms with Gasteiger partial charge in [-0.2, -0.15) is 0 Å². The number of anilines is 1. The molecule has 0 atom stereocenters. The van der Waals surface area contributed by atoms with Crippen molar-refractivity contribution in [3.63, 3.8) is 0 Å². The average Bonchev–Trinajstić information content (AvgIpc) is 2.54. The van der Waals surface area contributed by atoms with Gasteiger partial charge in [0.25, 0.3) is 0 Å². The van der Waals surface area contributed by atoms with Gasteiger partial charge in [0.2, 0.25) is 0 Å². The Morgan fingerprint density at radius 1 is 1.23 bits per heavy atom. The van der Waals surface area contributed by atoms with Crippen molar-refractivity contribution in [2.45, 2.75) is 6.92 Å². The average molecular weight is 297 g/mol. The molecule has 0 saturated heterocycles. The van der Waals surface area contributed by atoms with E-state index in [2.05, 4.69) is 11.9 Å². The second kappa shape index (κ2) is 6.80. The maximum Gasteiger partial charge on any atom is 0.345 e. The quantitative estimate of drug-likeness (QED) is 0.671. The summed E-state index contributed by atoms with van der Waals surface area (Å²) >= 11 is 0. The zero-order valence-electron chi connectivity index (χ0n) is 13.0. The first kappa shape index (κ1) is 15.6. The molecule has 0 spiro atoms. The molecule has 0 radical (unpaired) electrons. The number of esters is 1. The number of aryl methyl sites for hydroxylation is 1. The van der Waals surface area contributed by atoms with E-state index in [1.54, 1.807) is 31.3 Å². The number of para-hydroxylation sites is 1.